The molecule has 5 nitrogen and oxygen atoms in total. The van der Waals surface area contributed by atoms with Crippen LogP contribution in [0.15, 0.2) is 30.5 Å². The van der Waals surface area contributed by atoms with E-state index < -0.39 is 0 Å². The topological polar surface area (TPSA) is 82.2 Å². The molecule has 1 aromatic heterocycles. The highest BCUT2D eigenvalue weighted by Gasteiger charge is 2.41. The zero-order valence-corrected chi connectivity index (χ0v) is 14.9. The normalized spacial score (nSPS) is 26.7. The van der Waals surface area contributed by atoms with E-state index in [-0.39, 0.29) is 36.3 Å². The van der Waals surface area contributed by atoms with Gasteiger partial charge in [-0.25, -0.2) is 0 Å². The number of carbonyl (C=O) groups excluding carboxylic acids is 2. The first kappa shape index (κ1) is 17.3. The Kier molecular flexibility index (Phi) is 4.81. The van der Waals surface area contributed by atoms with Crippen LogP contribution in [0.5, 0.6) is 0 Å². The summed E-state index contributed by atoms with van der Waals surface area (Å²) in [6, 6.07) is 7.73. The van der Waals surface area contributed by atoms with Gasteiger partial charge in [0.25, 0.3) is 0 Å². The third kappa shape index (κ3) is 3.28. The minimum Gasteiger partial charge on any atom is -0.394 e. The minimum atomic E-state index is -0.306. The minimum absolute atomic E-state index is 0.00621. The number of aliphatic hydroxyl groups is 1. The molecule has 1 aromatic carbocycles. The zero-order chi connectivity index (χ0) is 18.1. The van der Waals surface area contributed by atoms with Crippen LogP contribution in [0.4, 0.5) is 0 Å². The van der Waals surface area contributed by atoms with Gasteiger partial charge in [0.15, 0.2) is 0 Å². The molecule has 26 heavy (non-hydrogen) atoms. The molecule has 1 amide bonds. The van der Waals surface area contributed by atoms with E-state index in [1.54, 1.807) is 0 Å². The van der Waals surface area contributed by atoms with E-state index in [1.807, 2.05) is 30.5 Å². The van der Waals surface area contributed by atoms with E-state index in [1.165, 1.54) is 0 Å². The van der Waals surface area contributed by atoms with Crippen LogP contribution in [-0.4, -0.2) is 34.4 Å². The van der Waals surface area contributed by atoms with Gasteiger partial charge in [-0.05, 0) is 43.7 Å². The van der Waals surface area contributed by atoms with Crippen molar-refractivity contribution in [1.82, 2.24) is 10.3 Å². The first-order chi connectivity index (χ1) is 12.7. The van der Waals surface area contributed by atoms with Crippen molar-refractivity contribution < 1.29 is 14.7 Å². The van der Waals surface area contributed by atoms with Gasteiger partial charge >= 0.3 is 0 Å². The van der Waals surface area contributed by atoms with E-state index in [0.29, 0.717) is 25.0 Å². The number of para-hydroxylation sites is 1. The fraction of sp³-hybridized carbons (Fsp3) is 0.524. The lowest BCUT2D eigenvalue weighted by Crippen LogP contribution is -2.46. The first-order valence-corrected chi connectivity index (χ1v) is 9.65. The molecule has 2 aromatic rings. The van der Waals surface area contributed by atoms with Gasteiger partial charge in [0.05, 0.1) is 12.6 Å². The summed E-state index contributed by atoms with van der Waals surface area (Å²) in [4.78, 5) is 28.2. The van der Waals surface area contributed by atoms with Crippen molar-refractivity contribution in [2.75, 3.05) is 6.61 Å². The molecule has 0 aliphatic heterocycles. The van der Waals surface area contributed by atoms with Crippen LogP contribution in [0.2, 0.25) is 0 Å². The smallest absolute Gasteiger partial charge is 0.223 e. The van der Waals surface area contributed by atoms with E-state index in [4.69, 9.17) is 0 Å². The van der Waals surface area contributed by atoms with Crippen LogP contribution in [0.3, 0.4) is 0 Å². The number of hydrogen-bond acceptors (Lipinski definition) is 3. The lowest BCUT2D eigenvalue weighted by Gasteiger charge is -2.37. The molecular weight excluding hydrogens is 328 g/mol. The lowest BCUT2D eigenvalue weighted by molar-refractivity contribution is -0.138. The zero-order valence-electron chi connectivity index (χ0n) is 14.9. The number of aliphatic hydroxyl groups excluding tert-OH is 1. The van der Waals surface area contributed by atoms with Crippen LogP contribution in [0.25, 0.3) is 10.9 Å². The van der Waals surface area contributed by atoms with Crippen LogP contribution in [0, 0.1) is 17.8 Å². The molecule has 2 aliphatic carbocycles. The molecule has 0 radical (unpaired) electrons. The summed E-state index contributed by atoms with van der Waals surface area (Å²) in [6.45, 7) is -0.0935. The number of hydrogen-bond donors (Lipinski definition) is 3. The fourth-order valence-corrected chi connectivity index (χ4v) is 4.74. The Balaban J connectivity index is 1.42. The van der Waals surface area contributed by atoms with Gasteiger partial charge in [-0.3, -0.25) is 9.59 Å². The van der Waals surface area contributed by atoms with Crippen LogP contribution in [-0.2, 0) is 16.0 Å². The number of benzene rings is 1. The van der Waals surface area contributed by atoms with Crippen molar-refractivity contribution in [3.8, 4) is 0 Å². The number of carbonyl (C=O) groups is 2. The molecule has 2 bridgehead atoms. The average molecular weight is 354 g/mol. The SMILES string of the molecule is O=C(NC(CO)Cc1c[nH]c2ccccc12)C1CC2CCCC(C1)C2=O. The molecule has 3 atom stereocenters. The first-order valence-electron chi connectivity index (χ1n) is 9.65. The second kappa shape index (κ2) is 7.23. The Morgan fingerprint density at radius 1 is 1.23 bits per heavy atom. The number of fused-ring (bicyclic) bond motifs is 3. The van der Waals surface area contributed by atoms with Crippen molar-refractivity contribution in [2.24, 2.45) is 17.8 Å². The average Bonchev–Trinajstić information content (AvgIpc) is 3.04. The standard InChI is InChI=1S/C21H26N2O3/c24-12-17(10-16-11-22-19-7-2-1-6-18(16)19)23-21(26)15-8-13-4-3-5-14(9-15)20(13)25/h1-2,6-7,11,13-15,17,22,24H,3-5,8-10,12H2,(H,23,26). The van der Waals surface area contributed by atoms with Crippen molar-refractivity contribution in [3.05, 3.63) is 36.0 Å². The molecule has 0 saturated heterocycles. The van der Waals surface area contributed by atoms with E-state index in [2.05, 4.69) is 10.3 Å². The maximum atomic E-state index is 12.8. The number of H-pyrrole nitrogens is 1. The van der Waals surface area contributed by atoms with Crippen molar-refractivity contribution in [3.63, 3.8) is 0 Å². The van der Waals surface area contributed by atoms with E-state index in [0.717, 1.165) is 35.7 Å². The molecule has 3 unspecified atom stereocenters. The number of aromatic nitrogens is 1. The maximum absolute atomic E-state index is 12.8. The predicted molar refractivity (Wildman–Crippen MR) is 99.6 cm³/mol. The maximum Gasteiger partial charge on any atom is 0.223 e. The van der Waals surface area contributed by atoms with Gasteiger partial charge < -0.3 is 15.4 Å². The Hall–Kier alpha value is -2.14. The molecule has 4 rings (SSSR count). The second-order valence-corrected chi connectivity index (χ2v) is 7.85. The Labute approximate surface area is 153 Å². The van der Waals surface area contributed by atoms with Gasteiger partial charge in [-0.2, -0.15) is 0 Å². The molecule has 2 aliphatic rings. The Morgan fingerprint density at radius 3 is 2.69 bits per heavy atom. The summed E-state index contributed by atoms with van der Waals surface area (Å²) in [5, 5.41) is 13.9. The van der Waals surface area contributed by atoms with Crippen LogP contribution < -0.4 is 5.32 Å². The number of ketones is 1. The van der Waals surface area contributed by atoms with Crippen molar-refractivity contribution in [1.29, 1.82) is 0 Å². The molecule has 1 heterocycles. The summed E-state index contributed by atoms with van der Waals surface area (Å²) >= 11 is 0. The van der Waals surface area contributed by atoms with Gasteiger partial charge in [-0.15, -0.1) is 0 Å². The van der Waals surface area contributed by atoms with Crippen molar-refractivity contribution >= 4 is 22.6 Å². The summed E-state index contributed by atoms with van der Waals surface area (Å²) < 4.78 is 0. The quantitative estimate of drug-likeness (QED) is 0.772. The third-order valence-corrected chi connectivity index (χ3v) is 6.13. The lowest BCUT2D eigenvalue weighted by atomic mass is 9.67. The molecule has 3 N–H and O–H groups in total. The molecule has 5 heteroatoms. The van der Waals surface area contributed by atoms with Gasteiger partial charge in [0, 0.05) is 34.9 Å². The molecule has 0 spiro atoms. The fourth-order valence-electron chi connectivity index (χ4n) is 4.74. The number of Topliss-reactive ketones (excluding diaryl/α,β-unsaturated/α-hetero) is 1. The summed E-state index contributed by atoms with van der Waals surface area (Å²) in [6.07, 6.45) is 6.84. The van der Waals surface area contributed by atoms with Gasteiger partial charge in [-0.1, -0.05) is 24.6 Å². The molecule has 2 fully saturated rings. The number of rotatable bonds is 5. The van der Waals surface area contributed by atoms with Gasteiger partial charge in [0.1, 0.15) is 5.78 Å². The third-order valence-electron chi connectivity index (χ3n) is 6.13. The number of amides is 1. The highest BCUT2D eigenvalue weighted by Crippen LogP contribution is 2.40. The summed E-state index contributed by atoms with van der Waals surface area (Å²) in [7, 11) is 0. The molecule has 138 valence electrons. The monoisotopic (exact) mass is 354 g/mol. The summed E-state index contributed by atoms with van der Waals surface area (Å²) in [5.74, 6) is 0.407. The largest absolute Gasteiger partial charge is 0.394 e. The molecular formula is C21H26N2O3. The highest BCUT2D eigenvalue weighted by atomic mass is 16.3. The Morgan fingerprint density at radius 2 is 1.96 bits per heavy atom. The number of aromatic amines is 1. The summed E-state index contributed by atoms with van der Waals surface area (Å²) in [5.41, 5.74) is 2.15. The predicted octanol–water partition coefficient (Wildman–Crippen LogP) is 2.58. The van der Waals surface area contributed by atoms with Crippen LogP contribution in [0.1, 0.15) is 37.7 Å². The second-order valence-electron chi connectivity index (χ2n) is 7.85. The highest BCUT2D eigenvalue weighted by molar-refractivity contribution is 5.88. The van der Waals surface area contributed by atoms with Crippen LogP contribution >= 0.6 is 0 Å². The number of nitrogens with one attached hydrogen (secondary N) is 2. The van der Waals surface area contributed by atoms with Crippen molar-refractivity contribution in [2.45, 2.75) is 44.6 Å². The molecule has 2 saturated carbocycles. The van der Waals surface area contributed by atoms with Gasteiger partial charge in [0.2, 0.25) is 5.91 Å². The Bertz CT molecular complexity index is 796. The van der Waals surface area contributed by atoms with E-state index in [9.17, 15) is 14.7 Å². The van der Waals surface area contributed by atoms with E-state index >= 15 is 0 Å².